The molecule has 0 aromatic heterocycles. The second-order valence-electron chi connectivity index (χ2n) is 4.71. The second-order valence-corrected chi connectivity index (χ2v) is 4.71. The Morgan fingerprint density at radius 3 is 2.37 bits per heavy atom. The number of hydrogen-bond donors (Lipinski definition) is 1. The molecule has 2 aromatic rings. The normalized spacial score (nSPS) is 12.7. The number of aryl methyl sites for hydroxylation is 1. The van der Waals surface area contributed by atoms with Crippen molar-refractivity contribution in [2.75, 3.05) is 6.61 Å². The topological polar surface area (TPSA) is 32.6 Å². The zero-order chi connectivity index (χ0) is 13.5. The van der Waals surface area contributed by atoms with Gasteiger partial charge in [-0.1, -0.05) is 60.2 Å². The van der Waals surface area contributed by atoms with Gasteiger partial charge in [0.2, 0.25) is 0 Å². The lowest BCUT2D eigenvalue weighted by atomic mass is 10.1. The Morgan fingerprint density at radius 2 is 1.74 bits per heavy atom. The van der Waals surface area contributed by atoms with E-state index in [0.29, 0.717) is 0 Å². The molecule has 0 saturated heterocycles. The lowest BCUT2D eigenvalue weighted by Crippen LogP contribution is -2.14. The number of aliphatic hydroxyl groups excluding tert-OH is 1. The molecule has 98 valence electrons. The van der Waals surface area contributed by atoms with Crippen LogP contribution in [-0.2, 0) is 6.42 Å². The van der Waals surface area contributed by atoms with Gasteiger partial charge in [0.25, 0.3) is 0 Å². The third kappa shape index (κ3) is 4.34. The Balaban J connectivity index is 2.00. The third-order valence-corrected chi connectivity index (χ3v) is 3.04. The van der Waals surface area contributed by atoms with Crippen LogP contribution in [0.5, 0.6) is 0 Å². The van der Waals surface area contributed by atoms with Crippen LogP contribution in [0.2, 0.25) is 0 Å². The molecule has 19 heavy (non-hydrogen) atoms. The van der Waals surface area contributed by atoms with E-state index in [2.05, 4.69) is 36.2 Å². The minimum Gasteiger partial charge on any atom is -0.394 e. The molecule has 0 aliphatic carbocycles. The Labute approximate surface area is 114 Å². The molecule has 2 rings (SSSR count). The quantitative estimate of drug-likeness (QED) is 0.816. The van der Waals surface area contributed by atoms with Gasteiger partial charge in [-0.3, -0.25) is 4.99 Å². The van der Waals surface area contributed by atoms with Gasteiger partial charge in [0.05, 0.1) is 12.6 Å². The van der Waals surface area contributed by atoms with Crippen molar-refractivity contribution in [3.8, 4) is 0 Å². The first kappa shape index (κ1) is 13.5. The monoisotopic (exact) mass is 253 g/mol. The van der Waals surface area contributed by atoms with Gasteiger partial charge in [0.1, 0.15) is 0 Å². The highest BCUT2D eigenvalue weighted by atomic mass is 16.3. The second kappa shape index (κ2) is 6.86. The van der Waals surface area contributed by atoms with Gasteiger partial charge in [-0.2, -0.15) is 0 Å². The van der Waals surface area contributed by atoms with Gasteiger partial charge in [-0.25, -0.2) is 0 Å². The van der Waals surface area contributed by atoms with E-state index >= 15 is 0 Å². The SMILES string of the molecule is Cc1ccc(C=N[C@H](CO)Cc2ccccc2)cc1. The summed E-state index contributed by atoms with van der Waals surface area (Å²) in [6.45, 7) is 2.13. The number of nitrogens with zero attached hydrogens (tertiary/aromatic N) is 1. The van der Waals surface area contributed by atoms with Crippen LogP contribution >= 0.6 is 0 Å². The molecule has 1 N–H and O–H groups in total. The largest absolute Gasteiger partial charge is 0.394 e. The van der Waals surface area contributed by atoms with E-state index in [1.807, 2.05) is 36.5 Å². The number of aliphatic imine (C=N–C) groups is 1. The van der Waals surface area contributed by atoms with E-state index in [1.54, 1.807) is 0 Å². The fraction of sp³-hybridized carbons (Fsp3) is 0.235. The van der Waals surface area contributed by atoms with Crippen molar-refractivity contribution >= 4 is 6.21 Å². The highest BCUT2D eigenvalue weighted by molar-refractivity contribution is 5.79. The van der Waals surface area contributed by atoms with Crippen molar-refractivity contribution in [3.63, 3.8) is 0 Å². The molecule has 0 spiro atoms. The molecule has 2 aromatic carbocycles. The summed E-state index contributed by atoms with van der Waals surface area (Å²) in [5.74, 6) is 0. The number of benzene rings is 2. The minimum atomic E-state index is -0.0799. The fourth-order valence-electron chi connectivity index (χ4n) is 1.89. The summed E-state index contributed by atoms with van der Waals surface area (Å²) in [4.78, 5) is 4.46. The average molecular weight is 253 g/mol. The van der Waals surface area contributed by atoms with Gasteiger partial charge in [-0.15, -0.1) is 0 Å². The maximum Gasteiger partial charge on any atom is 0.0770 e. The van der Waals surface area contributed by atoms with Gasteiger partial charge in [-0.05, 0) is 24.5 Å². The van der Waals surface area contributed by atoms with Crippen molar-refractivity contribution in [2.24, 2.45) is 4.99 Å². The molecule has 1 atom stereocenters. The minimum absolute atomic E-state index is 0.0667. The first-order valence-electron chi connectivity index (χ1n) is 6.52. The van der Waals surface area contributed by atoms with Gasteiger partial charge >= 0.3 is 0 Å². The molecule has 0 unspecified atom stereocenters. The molecule has 2 heteroatoms. The van der Waals surface area contributed by atoms with Gasteiger partial charge in [0.15, 0.2) is 0 Å². The fourth-order valence-corrected chi connectivity index (χ4v) is 1.89. The van der Waals surface area contributed by atoms with Crippen LogP contribution < -0.4 is 0 Å². The van der Waals surface area contributed by atoms with Crippen molar-refractivity contribution in [1.29, 1.82) is 0 Å². The maximum atomic E-state index is 9.40. The Morgan fingerprint density at radius 1 is 1.05 bits per heavy atom. The molecule has 0 bridgehead atoms. The smallest absolute Gasteiger partial charge is 0.0770 e. The van der Waals surface area contributed by atoms with Gasteiger partial charge in [0, 0.05) is 6.21 Å². The first-order valence-corrected chi connectivity index (χ1v) is 6.52. The summed E-state index contributed by atoms with van der Waals surface area (Å²) in [6.07, 6.45) is 2.60. The van der Waals surface area contributed by atoms with Gasteiger partial charge < -0.3 is 5.11 Å². The first-order chi connectivity index (χ1) is 9.28. The summed E-state index contributed by atoms with van der Waals surface area (Å²) < 4.78 is 0. The summed E-state index contributed by atoms with van der Waals surface area (Å²) >= 11 is 0. The maximum absolute atomic E-state index is 9.40. The Kier molecular flexibility index (Phi) is 4.87. The van der Waals surface area contributed by atoms with E-state index in [-0.39, 0.29) is 12.6 Å². The third-order valence-electron chi connectivity index (χ3n) is 3.04. The summed E-state index contributed by atoms with van der Waals surface area (Å²) in [6, 6.07) is 18.2. The van der Waals surface area contributed by atoms with E-state index < -0.39 is 0 Å². The van der Waals surface area contributed by atoms with Crippen LogP contribution in [-0.4, -0.2) is 24.0 Å². The van der Waals surface area contributed by atoms with Crippen LogP contribution in [0.15, 0.2) is 59.6 Å². The van der Waals surface area contributed by atoms with Crippen molar-refractivity contribution in [1.82, 2.24) is 0 Å². The molecule has 0 aliphatic heterocycles. The number of aliphatic hydroxyl groups is 1. The van der Waals surface area contributed by atoms with Crippen LogP contribution in [0.3, 0.4) is 0 Å². The Hall–Kier alpha value is -1.93. The molecular formula is C17H19NO. The summed E-state index contributed by atoms with van der Waals surface area (Å²) in [5.41, 5.74) is 3.50. The number of hydrogen-bond acceptors (Lipinski definition) is 2. The van der Waals surface area contributed by atoms with E-state index in [4.69, 9.17) is 0 Å². The molecule has 0 amide bonds. The van der Waals surface area contributed by atoms with Crippen molar-refractivity contribution in [3.05, 3.63) is 71.3 Å². The van der Waals surface area contributed by atoms with E-state index in [0.717, 1.165) is 12.0 Å². The Bertz CT molecular complexity index is 517. The molecular weight excluding hydrogens is 234 g/mol. The molecule has 0 radical (unpaired) electrons. The van der Waals surface area contributed by atoms with Crippen LogP contribution in [0.4, 0.5) is 0 Å². The molecule has 0 aliphatic rings. The highest BCUT2D eigenvalue weighted by Gasteiger charge is 2.05. The standard InChI is InChI=1S/C17H19NO/c1-14-7-9-16(10-8-14)12-18-17(13-19)11-15-5-3-2-4-6-15/h2-10,12,17,19H,11,13H2,1H3/t17-/m0/s1. The van der Waals surface area contributed by atoms with E-state index in [1.165, 1.54) is 11.1 Å². The zero-order valence-corrected chi connectivity index (χ0v) is 11.2. The predicted molar refractivity (Wildman–Crippen MR) is 79.8 cm³/mol. The molecule has 0 heterocycles. The molecule has 2 nitrogen and oxygen atoms in total. The molecule has 0 fully saturated rings. The zero-order valence-electron chi connectivity index (χ0n) is 11.2. The lowest BCUT2D eigenvalue weighted by Gasteiger charge is -2.09. The lowest BCUT2D eigenvalue weighted by molar-refractivity contribution is 0.266. The van der Waals surface area contributed by atoms with Crippen LogP contribution in [0.25, 0.3) is 0 Å². The number of rotatable bonds is 5. The summed E-state index contributed by atoms with van der Waals surface area (Å²) in [5, 5.41) is 9.40. The van der Waals surface area contributed by atoms with Crippen LogP contribution in [0, 0.1) is 6.92 Å². The highest BCUT2D eigenvalue weighted by Crippen LogP contribution is 2.06. The molecule has 0 saturated carbocycles. The van der Waals surface area contributed by atoms with Crippen molar-refractivity contribution < 1.29 is 5.11 Å². The van der Waals surface area contributed by atoms with E-state index in [9.17, 15) is 5.11 Å². The predicted octanol–water partition coefficient (Wildman–Crippen LogP) is 3.02. The average Bonchev–Trinajstić information content (AvgIpc) is 2.46. The summed E-state index contributed by atoms with van der Waals surface area (Å²) in [7, 11) is 0. The van der Waals surface area contributed by atoms with Crippen LogP contribution in [0.1, 0.15) is 16.7 Å². The van der Waals surface area contributed by atoms with Crippen molar-refractivity contribution in [2.45, 2.75) is 19.4 Å².